The third-order valence-electron chi connectivity index (χ3n) is 7.94. The average Bonchev–Trinajstić information content (AvgIpc) is 3.19. The summed E-state index contributed by atoms with van der Waals surface area (Å²) in [5, 5.41) is 18.9. The molecule has 1 saturated heterocycles. The number of likely N-dealkylation sites (tertiary alicyclic amines) is 1. The van der Waals surface area contributed by atoms with Gasteiger partial charge in [0.05, 0.1) is 0 Å². The van der Waals surface area contributed by atoms with E-state index >= 15 is 0 Å². The number of H-pyrrole nitrogens is 1. The number of aromatic nitrogens is 1. The van der Waals surface area contributed by atoms with Gasteiger partial charge in [-0.1, -0.05) is 63.1 Å². The third kappa shape index (κ3) is 8.81. The molecule has 2 heterocycles. The highest BCUT2D eigenvalue weighted by Gasteiger charge is 2.32. The number of aliphatic carboxylic acids is 1. The fourth-order valence-corrected chi connectivity index (χ4v) is 5.58. The number of carboxylic acids is 1. The number of carbonyl (C=O) groups is 4. The number of benzene rings is 2. The molecule has 0 aliphatic carbocycles. The molecule has 11 heteroatoms. The summed E-state index contributed by atoms with van der Waals surface area (Å²) < 4.78 is 14.3. The number of hydrogen-bond acceptors (Lipinski definition) is 4. The van der Waals surface area contributed by atoms with Crippen LogP contribution in [0.4, 0.5) is 9.18 Å². The minimum Gasteiger partial charge on any atom is -0.480 e. The molecule has 0 unspecified atom stereocenters. The molecule has 236 valence electrons. The third-order valence-corrected chi connectivity index (χ3v) is 7.94. The minimum atomic E-state index is -1.43. The van der Waals surface area contributed by atoms with Gasteiger partial charge in [0, 0.05) is 43.0 Å². The Bertz CT molecular complexity index is 1450. The molecule has 1 aromatic heterocycles. The largest absolute Gasteiger partial charge is 0.480 e. The van der Waals surface area contributed by atoms with Crippen molar-refractivity contribution < 1.29 is 28.7 Å². The first-order valence-corrected chi connectivity index (χ1v) is 15.3. The summed E-state index contributed by atoms with van der Waals surface area (Å²) in [7, 11) is 0. The molecule has 3 atom stereocenters. The van der Waals surface area contributed by atoms with E-state index in [-0.39, 0.29) is 30.4 Å². The smallest absolute Gasteiger partial charge is 0.326 e. The maximum atomic E-state index is 14.3. The van der Waals surface area contributed by atoms with Crippen LogP contribution in [0.15, 0.2) is 54.7 Å². The van der Waals surface area contributed by atoms with Gasteiger partial charge in [-0.05, 0) is 48.4 Å². The van der Waals surface area contributed by atoms with Crippen molar-refractivity contribution >= 4 is 34.7 Å². The molecule has 2 aromatic carbocycles. The zero-order chi connectivity index (χ0) is 31.6. The van der Waals surface area contributed by atoms with E-state index in [1.165, 1.54) is 18.2 Å². The van der Waals surface area contributed by atoms with E-state index in [1.807, 2.05) is 38.1 Å². The highest BCUT2D eigenvalue weighted by molar-refractivity contribution is 5.94. The van der Waals surface area contributed by atoms with Gasteiger partial charge in [-0.3, -0.25) is 9.59 Å². The van der Waals surface area contributed by atoms with Crippen molar-refractivity contribution in [3.05, 3.63) is 71.7 Å². The first-order chi connectivity index (χ1) is 21.1. The van der Waals surface area contributed by atoms with Crippen molar-refractivity contribution in [3.8, 4) is 0 Å². The van der Waals surface area contributed by atoms with Crippen molar-refractivity contribution in [2.24, 2.45) is 5.92 Å². The monoisotopic (exact) mass is 607 g/mol. The van der Waals surface area contributed by atoms with E-state index in [4.69, 9.17) is 0 Å². The molecule has 0 saturated carbocycles. The van der Waals surface area contributed by atoms with E-state index in [0.717, 1.165) is 42.1 Å². The number of urea groups is 1. The number of rotatable bonds is 12. The standard InChI is InChI=1S/C33H42FN5O5/c1-21(2)17-27(38-33(44)39-15-9-3-4-10-16-39)30(40)36-28(19-23-20-35-26-14-8-6-12-24(23)26)31(41)37-29(32(42)43)18-22-11-5-7-13-25(22)34/h5-8,11-14,20-21,27-29,35H,3-4,9-10,15-19H2,1-2H3,(H,36,40)(H,37,41)(H,38,44)(H,42,43)/t27-,28+,29+/m0/s1. The molecule has 0 spiro atoms. The number of nitrogens with one attached hydrogen (secondary N) is 4. The zero-order valence-electron chi connectivity index (χ0n) is 25.3. The Kier molecular flexibility index (Phi) is 11.3. The summed E-state index contributed by atoms with van der Waals surface area (Å²) in [6.45, 7) is 5.11. The second-order valence-electron chi connectivity index (χ2n) is 11.9. The molecular weight excluding hydrogens is 565 g/mol. The summed E-state index contributed by atoms with van der Waals surface area (Å²) in [5.74, 6) is -3.11. The van der Waals surface area contributed by atoms with Crippen LogP contribution in [0.5, 0.6) is 0 Å². The van der Waals surface area contributed by atoms with Crippen LogP contribution in [0, 0.1) is 11.7 Å². The van der Waals surface area contributed by atoms with Crippen LogP contribution in [0.2, 0.25) is 0 Å². The number of aromatic amines is 1. The Labute approximate surface area is 256 Å². The topological polar surface area (TPSA) is 144 Å². The van der Waals surface area contributed by atoms with E-state index in [9.17, 15) is 28.7 Å². The summed E-state index contributed by atoms with van der Waals surface area (Å²) in [6, 6.07) is 9.46. The second kappa shape index (κ2) is 15.4. The molecular formula is C33H42FN5O5. The SMILES string of the molecule is CC(C)C[C@H](NC(=O)N1CCCCCC1)C(=O)N[C@H](Cc1c[nH]c2ccccc12)C(=O)N[C@H](Cc1ccccc1F)C(=O)O. The van der Waals surface area contributed by atoms with Gasteiger partial charge in [0.2, 0.25) is 11.8 Å². The van der Waals surface area contributed by atoms with Crippen molar-refractivity contribution in [1.29, 1.82) is 0 Å². The molecule has 4 amide bonds. The molecule has 10 nitrogen and oxygen atoms in total. The Balaban J connectivity index is 1.56. The van der Waals surface area contributed by atoms with E-state index in [2.05, 4.69) is 20.9 Å². The quantitative estimate of drug-likeness (QED) is 0.210. The lowest BCUT2D eigenvalue weighted by Crippen LogP contribution is -2.58. The molecule has 4 rings (SSSR count). The highest BCUT2D eigenvalue weighted by atomic mass is 19.1. The fourth-order valence-electron chi connectivity index (χ4n) is 5.58. The molecule has 3 aromatic rings. The number of fused-ring (bicyclic) bond motifs is 1. The van der Waals surface area contributed by atoms with Gasteiger partial charge in [0.25, 0.3) is 0 Å². The van der Waals surface area contributed by atoms with Crippen molar-refractivity contribution in [3.63, 3.8) is 0 Å². The number of para-hydroxylation sites is 1. The van der Waals surface area contributed by atoms with Gasteiger partial charge in [-0.2, -0.15) is 0 Å². The van der Waals surface area contributed by atoms with Crippen molar-refractivity contribution in [2.45, 2.75) is 76.9 Å². The Morgan fingerprint density at radius 1 is 0.818 bits per heavy atom. The van der Waals surface area contributed by atoms with Crippen LogP contribution in [0.3, 0.4) is 0 Å². The molecule has 1 aliphatic heterocycles. The summed E-state index contributed by atoms with van der Waals surface area (Å²) in [6.07, 6.45) is 5.79. The van der Waals surface area contributed by atoms with Crippen molar-refractivity contribution in [2.75, 3.05) is 13.1 Å². The minimum absolute atomic E-state index is 0.0576. The van der Waals surface area contributed by atoms with Gasteiger partial charge < -0.3 is 30.9 Å². The first kappa shape index (κ1) is 32.5. The molecule has 5 N–H and O–H groups in total. The fraction of sp³-hybridized carbons (Fsp3) is 0.455. The van der Waals surface area contributed by atoms with Gasteiger partial charge in [-0.15, -0.1) is 0 Å². The zero-order valence-corrected chi connectivity index (χ0v) is 25.3. The molecule has 44 heavy (non-hydrogen) atoms. The average molecular weight is 608 g/mol. The van der Waals surface area contributed by atoms with Gasteiger partial charge in [0.15, 0.2) is 0 Å². The van der Waals surface area contributed by atoms with Gasteiger partial charge >= 0.3 is 12.0 Å². The number of halogens is 1. The van der Waals surface area contributed by atoms with Gasteiger partial charge in [-0.25, -0.2) is 14.0 Å². The number of amides is 4. The van der Waals surface area contributed by atoms with Crippen LogP contribution in [0.1, 0.15) is 57.1 Å². The highest BCUT2D eigenvalue weighted by Crippen LogP contribution is 2.20. The van der Waals surface area contributed by atoms with Crippen LogP contribution in [0.25, 0.3) is 10.9 Å². The van der Waals surface area contributed by atoms with Gasteiger partial charge in [0.1, 0.15) is 23.9 Å². The van der Waals surface area contributed by atoms with Crippen molar-refractivity contribution in [1.82, 2.24) is 25.8 Å². The normalized spacial score (nSPS) is 15.7. The maximum absolute atomic E-state index is 14.3. The summed E-state index contributed by atoms with van der Waals surface area (Å²) in [4.78, 5) is 57.6. The Hall–Kier alpha value is -4.41. The predicted octanol–water partition coefficient (Wildman–Crippen LogP) is 4.15. The number of carbonyl (C=O) groups excluding carboxylic acids is 3. The lowest BCUT2D eigenvalue weighted by molar-refractivity contribution is -0.142. The first-order valence-electron chi connectivity index (χ1n) is 15.3. The Morgan fingerprint density at radius 2 is 1.43 bits per heavy atom. The molecule has 0 radical (unpaired) electrons. The lowest BCUT2D eigenvalue weighted by atomic mass is 10.00. The molecule has 1 fully saturated rings. The second-order valence-corrected chi connectivity index (χ2v) is 11.9. The maximum Gasteiger partial charge on any atom is 0.326 e. The summed E-state index contributed by atoms with van der Waals surface area (Å²) in [5.41, 5.74) is 1.74. The summed E-state index contributed by atoms with van der Waals surface area (Å²) >= 11 is 0. The van der Waals surface area contributed by atoms with Crippen LogP contribution < -0.4 is 16.0 Å². The molecule has 0 bridgehead atoms. The van der Waals surface area contributed by atoms with E-state index < -0.39 is 41.7 Å². The number of hydrogen-bond donors (Lipinski definition) is 5. The van der Waals surface area contributed by atoms with Crippen LogP contribution >= 0.6 is 0 Å². The molecule has 1 aliphatic rings. The van der Waals surface area contributed by atoms with E-state index in [1.54, 1.807) is 17.2 Å². The predicted molar refractivity (Wildman–Crippen MR) is 165 cm³/mol. The number of nitrogens with zero attached hydrogens (tertiary/aromatic N) is 1. The Morgan fingerprint density at radius 3 is 2.11 bits per heavy atom. The van der Waals surface area contributed by atoms with Crippen LogP contribution in [-0.2, 0) is 27.2 Å². The lowest BCUT2D eigenvalue weighted by Gasteiger charge is -2.28. The van der Waals surface area contributed by atoms with Crippen LogP contribution in [-0.4, -0.2) is 70.0 Å². The number of carboxylic acid groups (broad SMARTS) is 1. The van der Waals surface area contributed by atoms with E-state index in [0.29, 0.717) is 19.5 Å².